The number of nitriles is 1. The zero-order valence-corrected chi connectivity index (χ0v) is 10.9. The van der Waals surface area contributed by atoms with Gasteiger partial charge in [0.05, 0.1) is 19.2 Å². The van der Waals surface area contributed by atoms with Crippen molar-refractivity contribution in [3.63, 3.8) is 0 Å². The lowest BCUT2D eigenvalue weighted by Crippen LogP contribution is -2.33. The molecule has 0 aliphatic carbocycles. The summed E-state index contributed by atoms with van der Waals surface area (Å²) in [5, 5.41) is 8.60. The molecule has 18 heavy (non-hydrogen) atoms. The van der Waals surface area contributed by atoms with Gasteiger partial charge >= 0.3 is 0 Å². The van der Waals surface area contributed by atoms with Crippen molar-refractivity contribution in [2.75, 3.05) is 33.4 Å². The number of methoxy groups -OCH3 is 1. The Morgan fingerprint density at radius 1 is 1.56 bits per heavy atom. The molecular formula is C13H19N3O2. The number of ketones is 1. The Balaban J connectivity index is 2.53. The SMILES string of the molecule is COCCN(CCC#N)CC(=O)c1ccn(C)c1. The third kappa shape index (κ3) is 4.70. The number of carbonyl (C=O) groups is 1. The van der Waals surface area contributed by atoms with Crippen LogP contribution in [0.1, 0.15) is 16.8 Å². The van der Waals surface area contributed by atoms with Crippen molar-refractivity contribution >= 4 is 5.78 Å². The summed E-state index contributed by atoms with van der Waals surface area (Å²) in [6.45, 7) is 2.15. The van der Waals surface area contributed by atoms with Gasteiger partial charge in [0.25, 0.3) is 0 Å². The van der Waals surface area contributed by atoms with Crippen molar-refractivity contribution in [1.82, 2.24) is 9.47 Å². The van der Waals surface area contributed by atoms with Crippen LogP contribution >= 0.6 is 0 Å². The second-order valence-electron chi connectivity index (χ2n) is 4.17. The molecule has 0 fully saturated rings. The number of nitrogens with zero attached hydrogens (tertiary/aromatic N) is 3. The molecule has 0 atom stereocenters. The molecule has 0 aromatic carbocycles. The van der Waals surface area contributed by atoms with E-state index >= 15 is 0 Å². The number of hydrogen-bond donors (Lipinski definition) is 0. The molecule has 0 bridgehead atoms. The van der Waals surface area contributed by atoms with Crippen LogP contribution in [0.4, 0.5) is 0 Å². The van der Waals surface area contributed by atoms with E-state index in [1.165, 1.54) is 0 Å². The topological polar surface area (TPSA) is 58.3 Å². The molecule has 98 valence electrons. The van der Waals surface area contributed by atoms with Crippen molar-refractivity contribution in [2.45, 2.75) is 6.42 Å². The van der Waals surface area contributed by atoms with Crippen LogP contribution in [0.25, 0.3) is 0 Å². The van der Waals surface area contributed by atoms with E-state index in [-0.39, 0.29) is 5.78 Å². The summed E-state index contributed by atoms with van der Waals surface area (Å²) in [6, 6.07) is 3.90. The Labute approximate surface area is 108 Å². The average molecular weight is 249 g/mol. The van der Waals surface area contributed by atoms with E-state index in [0.29, 0.717) is 38.2 Å². The zero-order chi connectivity index (χ0) is 13.4. The number of carbonyl (C=O) groups excluding carboxylic acids is 1. The molecule has 0 radical (unpaired) electrons. The predicted molar refractivity (Wildman–Crippen MR) is 68.3 cm³/mol. The summed E-state index contributed by atoms with van der Waals surface area (Å²) in [4.78, 5) is 14.0. The lowest BCUT2D eigenvalue weighted by molar-refractivity contribution is 0.0898. The normalized spacial score (nSPS) is 10.6. The van der Waals surface area contributed by atoms with Gasteiger partial charge < -0.3 is 9.30 Å². The number of hydrogen-bond acceptors (Lipinski definition) is 4. The van der Waals surface area contributed by atoms with E-state index in [9.17, 15) is 4.79 Å². The van der Waals surface area contributed by atoms with Gasteiger partial charge in [-0.1, -0.05) is 0 Å². The van der Waals surface area contributed by atoms with Gasteiger partial charge in [0, 0.05) is 51.6 Å². The molecule has 0 saturated heterocycles. The van der Waals surface area contributed by atoms with Crippen LogP contribution in [-0.4, -0.2) is 48.6 Å². The molecule has 0 spiro atoms. The Morgan fingerprint density at radius 3 is 2.89 bits per heavy atom. The zero-order valence-electron chi connectivity index (χ0n) is 10.9. The van der Waals surface area contributed by atoms with Crippen LogP contribution in [0.15, 0.2) is 18.5 Å². The third-order valence-corrected chi connectivity index (χ3v) is 2.67. The van der Waals surface area contributed by atoms with Gasteiger partial charge in [0.15, 0.2) is 5.78 Å². The molecule has 0 saturated carbocycles. The number of ether oxygens (including phenoxy) is 1. The molecule has 0 aliphatic heterocycles. The van der Waals surface area contributed by atoms with E-state index in [4.69, 9.17) is 10.00 Å². The standard InChI is InChI=1S/C13H19N3O2/c1-15-7-4-12(10-15)13(17)11-16(6-3-5-14)8-9-18-2/h4,7,10H,3,6,8-9,11H2,1-2H3. The van der Waals surface area contributed by atoms with Gasteiger partial charge in [0.1, 0.15) is 0 Å². The quantitative estimate of drug-likeness (QED) is 0.647. The number of aryl methyl sites for hydroxylation is 1. The molecule has 0 N–H and O–H groups in total. The van der Waals surface area contributed by atoms with Crippen molar-refractivity contribution in [3.8, 4) is 6.07 Å². The van der Waals surface area contributed by atoms with Gasteiger partial charge in [-0.2, -0.15) is 5.26 Å². The highest BCUT2D eigenvalue weighted by atomic mass is 16.5. The highest BCUT2D eigenvalue weighted by Gasteiger charge is 2.12. The summed E-state index contributed by atoms with van der Waals surface area (Å²) in [7, 11) is 3.51. The van der Waals surface area contributed by atoms with Gasteiger partial charge in [-0.05, 0) is 6.07 Å². The van der Waals surface area contributed by atoms with Gasteiger partial charge in [-0.25, -0.2) is 0 Å². The van der Waals surface area contributed by atoms with Crippen molar-refractivity contribution in [1.29, 1.82) is 5.26 Å². The first kappa shape index (κ1) is 14.4. The fourth-order valence-electron chi connectivity index (χ4n) is 1.66. The van der Waals surface area contributed by atoms with Crippen LogP contribution in [0.3, 0.4) is 0 Å². The lowest BCUT2D eigenvalue weighted by atomic mass is 10.2. The Bertz CT molecular complexity index is 420. The molecule has 1 rings (SSSR count). The molecule has 5 nitrogen and oxygen atoms in total. The van der Waals surface area contributed by atoms with Crippen LogP contribution < -0.4 is 0 Å². The fraction of sp³-hybridized carbons (Fsp3) is 0.538. The summed E-state index contributed by atoms with van der Waals surface area (Å²) >= 11 is 0. The largest absolute Gasteiger partial charge is 0.383 e. The average Bonchev–Trinajstić information content (AvgIpc) is 2.79. The minimum Gasteiger partial charge on any atom is -0.383 e. The van der Waals surface area contributed by atoms with Crippen LogP contribution in [0, 0.1) is 11.3 Å². The summed E-state index contributed by atoms with van der Waals surface area (Å²) < 4.78 is 6.85. The van der Waals surface area contributed by atoms with E-state index < -0.39 is 0 Å². The number of rotatable bonds is 8. The molecule has 0 amide bonds. The molecular weight excluding hydrogens is 230 g/mol. The molecule has 1 aromatic heterocycles. The lowest BCUT2D eigenvalue weighted by Gasteiger charge is -2.19. The van der Waals surface area contributed by atoms with Crippen LogP contribution in [0.5, 0.6) is 0 Å². The van der Waals surface area contributed by atoms with Crippen molar-refractivity contribution in [3.05, 3.63) is 24.0 Å². The monoisotopic (exact) mass is 249 g/mol. The summed E-state index contributed by atoms with van der Waals surface area (Å²) in [5.41, 5.74) is 0.705. The molecule has 0 aliphatic rings. The summed E-state index contributed by atoms with van der Waals surface area (Å²) in [5.74, 6) is 0.0737. The highest BCUT2D eigenvalue weighted by Crippen LogP contribution is 2.03. The first-order valence-electron chi connectivity index (χ1n) is 5.90. The Kier molecular flexibility index (Phi) is 6.12. The molecule has 1 heterocycles. The van der Waals surface area contributed by atoms with E-state index in [0.717, 1.165) is 0 Å². The predicted octanol–water partition coefficient (Wildman–Crippen LogP) is 1.07. The third-order valence-electron chi connectivity index (χ3n) is 2.67. The van der Waals surface area contributed by atoms with Crippen molar-refractivity contribution < 1.29 is 9.53 Å². The minimum atomic E-state index is 0.0737. The number of aromatic nitrogens is 1. The van der Waals surface area contributed by atoms with Crippen molar-refractivity contribution in [2.24, 2.45) is 7.05 Å². The van der Waals surface area contributed by atoms with Crippen LogP contribution in [0.2, 0.25) is 0 Å². The first-order valence-corrected chi connectivity index (χ1v) is 5.90. The van der Waals surface area contributed by atoms with E-state index in [1.54, 1.807) is 19.4 Å². The maximum Gasteiger partial charge on any atom is 0.178 e. The van der Waals surface area contributed by atoms with Gasteiger partial charge in [0.2, 0.25) is 0 Å². The van der Waals surface area contributed by atoms with Gasteiger partial charge in [-0.15, -0.1) is 0 Å². The van der Waals surface area contributed by atoms with E-state index in [1.807, 2.05) is 22.7 Å². The van der Waals surface area contributed by atoms with E-state index in [2.05, 4.69) is 6.07 Å². The summed E-state index contributed by atoms with van der Waals surface area (Å²) in [6.07, 6.45) is 4.08. The molecule has 0 unspecified atom stereocenters. The minimum absolute atomic E-state index is 0.0737. The second kappa shape index (κ2) is 7.64. The van der Waals surface area contributed by atoms with Gasteiger partial charge in [-0.3, -0.25) is 9.69 Å². The van der Waals surface area contributed by atoms with Crippen LogP contribution in [-0.2, 0) is 11.8 Å². The first-order chi connectivity index (χ1) is 8.67. The Morgan fingerprint density at radius 2 is 2.33 bits per heavy atom. The molecule has 1 aromatic rings. The maximum atomic E-state index is 12.0. The highest BCUT2D eigenvalue weighted by molar-refractivity contribution is 5.97. The smallest absolute Gasteiger partial charge is 0.178 e. The fourth-order valence-corrected chi connectivity index (χ4v) is 1.66. The molecule has 5 heteroatoms. The Hall–Kier alpha value is -1.64. The second-order valence-corrected chi connectivity index (χ2v) is 4.17. The maximum absolute atomic E-state index is 12.0. The number of Topliss-reactive ketones (excluding diaryl/α,β-unsaturated/α-hetero) is 1.